The van der Waals surface area contributed by atoms with Crippen LogP contribution in [0.2, 0.25) is 0 Å². The smallest absolute Gasteiger partial charge is 0.156 e. The lowest BCUT2D eigenvalue weighted by Gasteiger charge is -2.25. The lowest BCUT2D eigenvalue weighted by molar-refractivity contribution is -0.115. The third kappa shape index (κ3) is 3.84. The molecule has 3 aromatic carbocycles. The molecule has 1 nitrogen and oxygen atoms in total. The Balaban J connectivity index is 1.71. The fraction of sp³-hybridized carbons (Fsp3) is 0.125. The van der Waals surface area contributed by atoms with Crippen LogP contribution in [-0.4, -0.2) is 13.6 Å². The van der Waals surface area contributed by atoms with Gasteiger partial charge in [0, 0.05) is 10.9 Å². The predicted molar refractivity (Wildman–Crippen MR) is 116 cm³/mol. The second kappa shape index (κ2) is 7.70. The van der Waals surface area contributed by atoms with Gasteiger partial charge in [-0.15, -0.1) is 0 Å². The molecule has 130 valence electrons. The normalized spacial score (nSPS) is 16.9. The van der Waals surface area contributed by atoms with Gasteiger partial charge >= 0.3 is 0 Å². The molecular formula is C24H18BBrO. The molecule has 0 spiro atoms. The van der Waals surface area contributed by atoms with Gasteiger partial charge in [0.15, 0.2) is 5.78 Å². The molecule has 1 aliphatic carbocycles. The van der Waals surface area contributed by atoms with Gasteiger partial charge in [0.1, 0.15) is 7.85 Å². The number of hydrogen-bond acceptors (Lipinski definition) is 1. The Morgan fingerprint density at radius 1 is 0.852 bits per heavy atom. The van der Waals surface area contributed by atoms with Crippen molar-refractivity contribution < 1.29 is 4.79 Å². The maximum absolute atomic E-state index is 12.5. The Bertz CT molecular complexity index is 1020. The van der Waals surface area contributed by atoms with E-state index < -0.39 is 0 Å². The van der Waals surface area contributed by atoms with Gasteiger partial charge in [0.25, 0.3) is 0 Å². The molecule has 1 unspecified atom stereocenters. The van der Waals surface area contributed by atoms with E-state index in [9.17, 15) is 4.79 Å². The van der Waals surface area contributed by atoms with Crippen LogP contribution in [0.15, 0.2) is 83.3 Å². The van der Waals surface area contributed by atoms with Crippen LogP contribution in [0.3, 0.4) is 0 Å². The average molecular weight is 413 g/mol. The fourth-order valence-electron chi connectivity index (χ4n) is 3.76. The van der Waals surface area contributed by atoms with Crippen molar-refractivity contribution in [2.45, 2.75) is 18.8 Å². The van der Waals surface area contributed by atoms with Gasteiger partial charge in [0.2, 0.25) is 0 Å². The van der Waals surface area contributed by atoms with Crippen LogP contribution in [0.5, 0.6) is 0 Å². The minimum atomic E-state index is 0.134. The molecule has 0 N–H and O–H groups in total. The summed E-state index contributed by atoms with van der Waals surface area (Å²) in [7, 11) is 6.15. The predicted octanol–water partition coefficient (Wildman–Crippen LogP) is 5.44. The third-order valence-electron chi connectivity index (χ3n) is 5.10. The molecule has 3 aromatic rings. The molecule has 0 heterocycles. The number of rotatable bonds is 3. The van der Waals surface area contributed by atoms with Crippen molar-refractivity contribution in [2.24, 2.45) is 0 Å². The molecule has 27 heavy (non-hydrogen) atoms. The first-order chi connectivity index (χ1) is 13.1. The zero-order chi connectivity index (χ0) is 18.8. The third-order valence-corrected chi connectivity index (χ3v) is 5.82. The minimum absolute atomic E-state index is 0.134. The van der Waals surface area contributed by atoms with Crippen molar-refractivity contribution in [3.05, 3.63) is 94.5 Å². The molecule has 0 aromatic heterocycles. The van der Waals surface area contributed by atoms with Gasteiger partial charge in [-0.05, 0) is 58.4 Å². The summed E-state index contributed by atoms with van der Waals surface area (Å²) in [6.45, 7) is 0. The average Bonchev–Trinajstić information content (AvgIpc) is 2.69. The van der Waals surface area contributed by atoms with Gasteiger partial charge in [0.05, 0.1) is 0 Å². The monoisotopic (exact) mass is 412 g/mol. The van der Waals surface area contributed by atoms with E-state index in [1.165, 1.54) is 11.1 Å². The van der Waals surface area contributed by atoms with E-state index in [2.05, 4.69) is 46.3 Å². The summed E-state index contributed by atoms with van der Waals surface area (Å²) in [6, 6.07) is 24.5. The summed E-state index contributed by atoms with van der Waals surface area (Å²) >= 11 is 3.69. The van der Waals surface area contributed by atoms with Crippen LogP contribution in [0.1, 0.15) is 29.9 Å². The Labute approximate surface area is 169 Å². The van der Waals surface area contributed by atoms with Crippen molar-refractivity contribution in [1.29, 1.82) is 0 Å². The summed E-state index contributed by atoms with van der Waals surface area (Å²) < 4.78 is 1.04. The number of carbonyl (C=O) groups excluding carboxylic acids is 1. The SMILES string of the molecule is [B]c1ccccc1C1=CC(=O)CC(c2cc(-c3ccccc3)ccc2Br)C1. The van der Waals surface area contributed by atoms with Crippen LogP contribution >= 0.6 is 15.9 Å². The van der Waals surface area contributed by atoms with Gasteiger partial charge in [-0.2, -0.15) is 0 Å². The summed E-state index contributed by atoms with van der Waals surface area (Å²) in [5, 5.41) is 0. The van der Waals surface area contributed by atoms with Crippen molar-refractivity contribution in [2.75, 3.05) is 0 Å². The lowest BCUT2D eigenvalue weighted by Crippen LogP contribution is -2.17. The molecule has 0 saturated carbocycles. The Morgan fingerprint density at radius 3 is 2.37 bits per heavy atom. The molecule has 1 atom stereocenters. The largest absolute Gasteiger partial charge is 0.295 e. The van der Waals surface area contributed by atoms with Gasteiger partial charge in [-0.3, -0.25) is 4.79 Å². The molecule has 2 radical (unpaired) electrons. The number of carbonyl (C=O) groups is 1. The van der Waals surface area contributed by atoms with Crippen LogP contribution in [-0.2, 0) is 4.79 Å². The fourth-order valence-corrected chi connectivity index (χ4v) is 4.33. The maximum atomic E-state index is 12.5. The summed E-state index contributed by atoms with van der Waals surface area (Å²) in [4.78, 5) is 12.5. The molecule has 0 aliphatic heterocycles. The van der Waals surface area contributed by atoms with E-state index in [0.717, 1.165) is 27.6 Å². The van der Waals surface area contributed by atoms with Crippen molar-refractivity contribution >= 4 is 40.6 Å². The highest BCUT2D eigenvalue weighted by Crippen LogP contribution is 2.40. The van der Waals surface area contributed by atoms with Crippen LogP contribution < -0.4 is 5.46 Å². The zero-order valence-corrected chi connectivity index (χ0v) is 16.4. The number of halogens is 1. The van der Waals surface area contributed by atoms with E-state index in [0.29, 0.717) is 11.9 Å². The quantitative estimate of drug-likeness (QED) is 0.523. The van der Waals surface area contributed by atoms with Crippen molar-refractivity contribution in [1.82, 2.24) is 0 Å². The van der Waals surface area contributed by atoms with E-state index in [1.54, 1.807) is 6.08 Å². The summed E-state index contributed by atoms with van der Waals surface area (Å²) in [5.74, 6) is 0.289. The van der Waals surface area contributed by atoms with Crippen molar-refractivity contribution in [3.8, 4) is 11.1 Å². The van der Waals surface area contributed by atoms with Crippen LogP contribution in [0, 0.1) is 0 Å². The number of allylic oxidation sites excluding steroid dienone is 2. The van der Waals surface area contributed by atoms with Crippen LogP contribution in [0.4, 0.5) is 0 Å². The first kappa shape index (κ1) is 18.0. The minimum Gasteiger partial charge on any atom is -0.295 e. The van der Waals surface area contributed by atoms with Crippen LogP contribution in [0.25, 0.3) is 16.7 Å². The van der Waals surface area contributed by atoms with Gasteiger partial charge in [-0.1, -0.05) is 82.1 Å². The van der Waals surface area contributed by atoms with E-state index in [1.807, 2.05) is 42.5 Å². The van der Waals surface area contributed by atoms with Crippen molar-refractivity contribution in [3.63, 3.8) is 0 Å². The highest BCUT2D eigenvalue weighted by molar-refractivity contribution is 9.10. The Morgan fingerprint density at radius 2 is 1.59 bits per heavy atom. The Hall–Kier alpha value is -2.39. The standard InChI is InChI=1S/C24H18BBrO/c25-23-9-5-4-8-21(23)18-12-19(14-20(27)13-18)22-15-17(10-11-24(22)26)16-6-2-1-3-7-16/h1-11,13,15,19H,12,14H2. The molecular weight excluding hydrogens is 395 g/mol. The highest BCUT2D eigenvalue weighted by atomic mass is 79.9. The van der Waals surface area contributed by atoms with Gasteiger partial charge < -0.3 is 0 Å². The topological polar surface area (TPSA) is 17.1 Å². The molecule has 4 rings (SSSR count). The molecule has 0 fully saturated rings. The van der Waals surface area contributed by atoms with Gasteiger partial charge in [-0.25, -0.2) is 0 Å². The first-order valence-corrected chi connectivity index (χ1v) is 9.84. The molecule has 0 amide bonds. The number of ketones is 1. The maximum Gasteiger partial charge on any atom is 0.156 e. The zero-order valence-electron chi connectivity index (χ0n) is 14.9. The van der Waals surface area contributed by atoms with E-state index in [4.69, 9.17) is 7.85 Å². The number of hydrogen-bond donors (Lipinski definition) is 0. The second-order valence-electron chi connectivity index (χ2n) is 6.93. The summed E-state index contributed by atoms with van der Waals surface area (Å²) in [6.07, 6.45) is 3.08. The number of benzene rings is 3. The van der Waals surface area contributed by atoms with E-state index in [-0.39, 0.29) is 11.7 Å². The highest BCUT2D eigenvalue weighted by Gasteiger charge is 2.25. The Kier molecular flexibility index (Phi) is 5.13. The molecule has 0 saturated heterocycles. The summed E-state index contributed by atoms with van der Waals surface area (Å²) in [5.41, 5.74) is 6.21. The lowest BCUT2D eigenvalue weighted by atomic mass is 9.77. The molecule has 3 heteroatoms. The second-order valence-corrected chi connectivity index (χ2v) is 7.78. The first-order valence-electron chi connectivity index (χ1n) is 9.05. The van der Waals surface area contributed by atoms with E-state index >= 15 is 0 Å². The molecule has 1 aliphatic rings. The molecule has 0 bridgehead atoms.